The lowest BCUT2D eigenvalue weighted by molar-refractivity contribution is -0.137. The molecular formula is C32H27F3N2O4S2. The molecule has 0 N–H and O–H groups in total. The Labute approximate surface area is 248 Å². The average Bonchev–Trinajstić information content (AvgIpc) is 2.94. The van der Waals surface area contributed by atoms with Gasteiger partial charge in [0.1, 0.15) is 9.84 Å². The summed E-state index contributed by atoms with van der Waals surface area (Å²) < 4.78 is 89.1. The highest BCUT2D eigenvalue weighted by molar-refractivity contribution is 7.91. The van der Waals surface area contributed by atoms with Crippen molar-refractivity contribution in [3.8, 4) is 33.5 Å². The van der Waals surface area contributed by atoms with E-state index in [1.165, 1.54) is 30.5 Å². The number of hydrogen-bond donors (Lipinski definition) is 0. The van der Waals surface area contributed by atoms with Crippen LogP contribution in [0.2, 0.25) is 0 Å². The zero-order valence-electron chi connectivity index (χ0n) is 23.4. The van der Waals surface area contributed by atoms with Crippen molar-refractivity contribution in [2.45, 2.75) is 23.9 Å². The molecule has 3 aromatic carbocycles. The van der Waals surface area contributed by atoms with Crippen LogP contribution in [0.5, 0.6) is 0 Å². The van der Waals surface area contributed by atoms with Gasteiger partial charge in [-0.1, -0.05) is 43.3 Å². The minimum atomic E-state index is -4.64. The van der Waals surface area contributed by atoms with Gasteiger partial charge in [0.15, 0.2) is 9.84 Å². The number of hydrogen-bond acceptors (Lipinski definition) is 6. The number of nitrogens with zero attached hydrogens (tertiary/aromatic N) is 2. The van der Waals surface area contributed by atoms with E-state index < -0.39 is 31.4 Å². The normalized spacial score (nSPS) is 13.3. The summed E-state index contributed by atoms with van der Waals surface area (Å²) in [5.74, 6) is -0.325. The molecule has 11 heteroatoms. The first kappa shape index (κ1) is 30.4. The van der Waals surface area contributed by atoms with Crippen LogP contribution in [0.1, 0.15) is 24.0 Å². The molecule has 222 valence electrons. The van der Waals surface area contributed by atoms with E-state index >= 15 is 0 Å². The summed E-state index contributed by atoms with van der Waals surface area (Å²) in [6.45, 7) is 1.84. The second kappa shape index (κ2) is 11.2. The third-order valence-corrected chi connectivity index (χ3v) is 9.34. The molecule has 0 radical (unpaired) electrons. The summed E-state index contributed by atoms with van der Waals surface area (Å²) in [5.41, 5.74) is 3.39. The van der Waals surface area contributed by atoms with Crippen LogP contribution in [-0.4, -0.2) is 45.1 Å². The van der Waals surface area contributed by atoms with Gasteiger partial charge in [-0.15, -0.1) is 0 Å². The van der Waals surface area contributed by atoms with Gasteiger partial charge in [-0.2, -0.15) is 13.2 Å². The van der Waals surface area contributed by atoms with Gasteiger partial charge >= 0.3 is 6.18 Å². The van der Waals surface area contributed by atoms with Gasteiger partial charge in [0, 0.05) is 47.0 Å². The highest BCUT2D eigenvalue weighted by atomic mass is 32.2. The Bertz CT molecular complexity index is 2060. The fourth-order valence-corrected chi connectivity index (χ4v) is 6.79. The van der Waals surface area contributed by atoms with E-state index in [2.05, 4.69) is 9.97 Å². The van der Waals surface area contributed by atoms with Gasteiger partial charge < -0.3 is 0 Å². The molecule has 5 aromatic rings. The first-order valence-electron chi connectivity index (χ1n) is 13.1. The molecule has 1 unspecified atom stereocenters. The molecule has 0 saturated carbocycles. The van der Waals surface area contributed by atoms with Crippen LogP contribution in [0.25, 0.3) is 44.4 Å². The quantitative estimate of drug-likeness (QED) is 0.190. The minimum absolute atomic E-state index is 0.0325. The van der Waals surface area contributed by atoms with E-state index in [-0.39, 0.29) is 27.8 Å². The number of pyridine rings is 2. The number of sulfone groups is 2. The maximum Gasteiger partial charge on any atom is 0.417 e. The highest BCUT2D eigenvalue weighted by Crippen LogP contribution is 2.39. The maximum atomic E-state index is 13.7. The number of fused-ring (bicyclic) bond motifs is 1. The van der Waals surface area contributed by atoms with Crippen molar-refractivity contribution in [3.05, 3.63) is 102 Å². The fraction of sp³-hybridized carbons (Fsp3) is 0.188. The van der Waals surface area contributed by atoms with Gasteiger partial charge in [-0.3, -0.25) is 9.97 Å². The largest absolute Gasteiger partial charge is 0.417 e. The van der Waals surface area contributed by atoms with Crippen molar-refractivity contribution in [1.29, 1.82) is 0 Å². The third-order valence-electron chi connectivity index (χ3n) is 7.10. The van der Waals surface area contributed by atoms with E-state index in [1.54, 1.807) is 30.5 Å². The van der Waals surface area contributed by atoms with Crippen molar-refractivity contribution in [2.24, 2.45) is 0 Å². The summed E-state index contributed by atoms with van der Waals surface area (Å²) in [4.78, 5) is 8.83. The summed E-state index contributed by atoms with van der Waals surface area (Å²) >= 11 is 0. The molecule has 1 atom stereocenters. The van der Waals surface area contributed by atoms with Crippen LogP contribution in [0.3, 0.4) is 0 Å². The first-order valence-corrected chi connectivity index (χ1v) is 17.1. The van der Waals surface area contributed by atoms with E-state index in [9.17, 15) is 30.0 Å². The Hall–Kier alpha value is -4.09. The smallest absolute Gasteiger partial charge is 0.256 e. The second-order valence-corrected chi connectivity index (χ2v) is 14.8. The van der Waals surface area contributed by atoms with Crippen molar-refractivity contribution in [2.75, 3.05) is 18.3 Å². The molecular weight excluding hydrogens is 597 g/mol. The van der Waals surface area contributed by atoms with Crippen molar-refractivity contribution >= 4 is 30.6 Å². The summed E-state index contributed by atoms with van der Waals surface area (Å²) in [5, 5.41) is 0.820. The van der Waals surface area contributed by atoms with Crippen LogP contribution in [0, 0.1) is 0 Å². The standard InChI is InChI=1S/C32H27F3N2O4S2/c1-20(19-42(2,38)39)25-15-24-8-5-13-36-30(24)28(16-25)22-6-4-7-23(14-22)31-29(17-26(18-37-31)32(33,34)35)21-9-11-27(12-10-21)43(3,40)41/h4-18,20H,19H2,1-3H3. The lowest BCUT2D eigenvalue weighted by Crippen LogP contribution is -2.10. The van der Waals surface area contributed by atoms with Gasteiger partial charge in [0.05, 0.1) is 27.4 Å². The van der Waals surface area contributed by atoms with Crippen molar-refractivity contribution < 1.29 is 30.0 Å². The monoisotopic (exact) mass is 624 g/mol. The van der Waals surface area contributed by atoms with Crippen LogP contribution < -0.4 is 0 Å². The Morgan fingerprint density at radius 3 is 2.12 bits per heavy atom. The Balaban J connectivity index is 1.68. The first-order chi connectivity index (χ1) is 20.1. The predicted molar refractivity (Wildman–Crippen MR) is 162 cm³/mol. The lowest BCUT2D eigenvalue weighted by Gasteiger charge is -2.16. The van der Waals surface area contributed by atoms with Crippen molar-refractivity contribution in [1.82, 2.24) is 9.97 Å². The van der Waals surface area contributed by atoms with Crippen molar-refractivity contribution in [3.63, 3.8) is 0 Å². The maximum absolute atomic E-state index is 13.7. The molecule has 0 bridgehead atoms. The minimum Gasteiger partial charge on any atom is -0.256 e. The highest BCUT2D eigenvalue weighted by Gasteiger charge is 2.32. The summed E-state index contributed by atoms with van der Waals surface area (Å²) in [6, 6.07) is 21.3. The van der Waals surface area contributed by atoms with Crippen LogP contribution in [-0.2, 0) is 25.9 Å². The molecule has 0 aliphatic carbocycles. The zero-order valence-corrected chi connectivity index (χ0v) is 25.1. The topological polar surface area (TPSA) is 94.1 Å². The average molecular weight is 625 g/mol. The molecule has 0 spiro atoms. The molecule has 0 aliphatic heterocycles. The van der Waals surface area contributed by atoms with Crippen LogP contribution in [0.4, 0.5) is 13.2 Å². The van der Waals surface area contributed by atoms with Crippen LogP contribution in [0.15, 0.2) is 96.2 Å². The summed E-state index contributed by atoms with van der Waals surface area (Å²) in [6.07, 6.45) is 0.0500. The molecule has 43 heavy (non-hydrogen) atoms. The number of alkyl halides is 3. The number of aromatic nitrogens is 2. The van der Waals surface area contributed by atoms with Gasteiger partial charge in [0.25, 0.3) is 0 Å². The molecule has 2 heterocycles. The molecule has 5 rings (SSSR count). The number of benzene rings is 3. The van der Waals surface area contributed by atoms with Gasteiger partial charge in [0.2, 0.25) is 0 Å². The SMILES string of the molecule is CC(CS(C)(=O)=O)c1cc(-c2cccc(-c3ncc(C(F)(F)F)cc3-c3ccc(S(C)(=O)=O)cc3)c2)c2ncccc2c1. The third kappa shape index (κ3) is 6.78. The molecule has 0 amide bonds. The van der Waals surface area contributed by atoms with E-state index in [0.717, 1.165) is 40.6 Å². The van der Waals surface area contributed by atoms with Gasteiger partial charge in [-0.05, 0) is 65.1 Å². The molecule has 0 fully saturated rings. The number of halogens is 3. The van der Waals surface area contributed by atoms with E-state index in [4.69, 9.17) is 0 Å². The predicted octanol–water partition coefficient (Wildman–Crippen LogP) is 7.20. The number of rotatable bonds is 7. The molecule has 2 aromatic heterocycles. The Kier molecular flexibility index (Phi) is 7.91. The summed E-state index contributed by atoms with van der Waals surface area (Å²) in [7, 11) is -6.74. The van der Waals surface area contributed by atoms with E-state index in [0.29, 0.717) is 16.6 Å². The lowest BCUT2D eigenvalue weighted by atomic mass is 9.92. The zero-order chi connectivity index (χ0) is 31.2. The molecule has 0 aliphatic rings. The Morgan fingerprint density at radius 1 is 0.767 bits per heavy atom. The fourth-order valence-electron chi connectivity index (χ4n) is 5.06. The van der Waals surface area contributed by atoms with E-state index in [1.807, 2.05) is 31.2 Å². The second-order valence-electron chi connectivity index (χ2n) is 10.6. The van der Waals surface area contributed by atoms with Gasteiger partial charge in [-0.25, -0.2) is 16.8 Å². The van der Waals surface area contributed by atoms with Crippen LogP contribution >= 0.6 is 0 Å². The molecule has 0 saturated heterocycles. The Morgan fingerprint density at radius 2 is 1.47 bits per heavy atom. The molecule has 6 nitrogen and oxygen atoms in total.